The molecule has 0 spiro atoms. The molecule has 112 valence electrons. The zero-order valence-corrected chi connectivity index (χ0v) is 20.9. The van der Waals surface area contributed by atoms with Gasteiger partial charge in [0.05, 0.1) is 26.2 Å². The summed E-state index contributed by atoms with van der Waals surface area (Å²) in [7, 11) is 0. The molecule has 2 rings (SSSR count). The summed E-state index contributed by atoms with van der Waals surface area (Å²) in [6.45, 7) is 9.83. The van der Waals surface area contributed by atoms with Crippen LogP contribution in [0, 0.1) is 0 Å². The van der Waals surface area contributed by atoms with E-state index in [0.717, 1.165) is 0 Å². The van der Waals surface area contributed by atoms with Gasteiger partial charge in [-0.1, -0.05) is 0 Å². The molecule has 0 aromatic heterocycles. The van der Waals surface area contributed by atoms with Crippen LogP contribution in [0.3, 0.4) is 0 Å². The minimum absolute atomic E-state index is 0. The number of halogens is 4. The van der Waals surface area contributed by atoms with E-state index in [1.54, 1.807) is 0 Å². The molecule has 0 saturated carbocycles. The fourth-order valence-electron chi connectivity index (χ4n) is 1.36. The Kier molecular flexibility index (Phi) is 44.6. The molecule has 0 aromatic rings. The van der Waals surface area contributed by atoms with Crippen molar-refractivity contribution in [3.63, 3.8) is 0 Å². The Hall–Kier alpha value is 2.64. The first-order chi connectivity index (χ1) is 7.41. The Balaban J connectivity index is -0.0000000793. The molecule has 5 nitrogen and oxygen atoms in total. The van der Waals surface area contributed by atoms with Crippen LogP contribution in [-0.2, 0) is 19.4 Å². The molecule has 2 heterocycles. The van der Waals surface area contributed by atoms with E-state index in [-0.39, 0.29) is 58.9 Å². The number of hydrogen-bond donors (Lipinski definition) is 4. The van der Waals surface area contributed by atoms with Crippen molar-refractivity contribution in [1.82, 2.24) is 10.6 Å². The van der Waals surface area contributed by atoms with Gasteiger partial charge in [0, 0.05) is 26.2 Å². The normalized spacial score (nSPS) is 16.6. The van der Waals surface area contributed by atoms with Gasteiger partial charge in [-0.25, -0.2) is 0 Å². The molecule has 0 aromatic carbocycles. The zero-order valence-electron chi connectivity index (χ0n) is 10.5. The second-order valence-corrected chi connectivity index (χ2v) is 21.5. The fourth-order valence-corrected chi connectivity index (χ4v) is 1.36. The van der Waals surface area contributed by atoms with Crippen molar-refractivity contribution in [3.8, 4) is 0 Å². The molecule has 10 heteroatoms. The molecule has 0 unspecified atom stereocenters. The Bertz CT molecular complexity index is 88.3. The second-order valence-electron chi connectivity index (χ2n) is 3.33. The van der Waals surface area contributed by atoms with E-state index in [0.29, 0.717) is 0 Å². The average molecular weight is 624 g/mol. The molecule has 18 heavy (non-hydrogen) atoms. The number of nitrogens with one attached hydrogen (secondary N) is 2. The molecule has 2 aliphatic heterocycles. The maximum absolute atomic E-state index is 3.27. The van der Waals surface area contributed by atoms with E-state index in [1.165, 1.54) is 52.4 Å². The molecule has 0 bridgehead atoms. The molecule has 0 aliphatic carbocycles. The average Bonchev–Trinajstić information content (AvgIpc) is 2.35. The Morgan fingerprint density at radius 2 is 0.944 bits per heavy atom. The summed E-state index contributed by atoms with van der Waals surface area (Å²) in [6, 6.07) is 0. The van der Waals surface area contributed by atoms with E-state index in [4.69, 9.17) is 0 Å². The van der Waals surface area contributed by atoms with Crippen LogP contribution in [0.25, 0.3) is 0 Å². The summed E-state index contributed by atoms with van der Waals surface area (Å²) in [5, 5.41) is 11.2. The van der Waals surface area contributed by atoms with E-state index in [1.807, 2.05) is 0 Å². The standard InChI is InChI=1S/2C4H10N2.4BrH.Cd.H2O/c2*1-2-6-4-3-5-1;;;;;;/h2*5-6H,1-4H2;4*1H;;1H2/q;;;;;;+2;/p-2. The van der Waals surface area contributed by atoms with Gasteiger partial charge in [-0.15, -0.1) is 0 Å². The van der Waals surface area contributed by atoms with Gasteiger partial charge in [0.15, 0.2) is 0 Å². The van der Waals surface area contributed by atoms with Gasteiger partial charge in [0.2, 0.25) is 0 Å². The first-order valence-corrected chi connectivity index (χ1v) is 23.7. The molecule has 2 aliphatic rings. The van der Waals surface area contributed by atoms with Crippen LogP contribution >= 0.6 is 24.0 Å². The minimum atomic E-state index is -0.385. The van der Waals surface area contributed by atoms with Gasteiger partial charge in [0.1, 0.15) is 0 Å². The van der Waals surface area contributed by atoms with Crippen LogP contribution in [0.5, 0.6) is 0 Å². The molecule has 0 amide bonds. The molecule has 2 fully saturated rings. The first kappa shape index (κ1) is 28.8. The van der Waals surface area contributed by atoms with Crippen molar-refractivity contribution in [3.05, 3.63) is 0 Å². The summed E-state index contributed by atoms with van der Waals surface area (Å²) in [5.41, 5.74) is 0. The molecular formula is C8H24Br4CdN4O. The van der Waals surface area contributed by atoms with Crippen molar-refractivity contribution in [2.45, 2.75) is 0 Å². The third-order valence-electron chi connectivity index (χ3n) is 2.10. The summed E-state index contributed by atoms with van der Waals surface area (Å²) in [4.78, 5) is 0. The van der Waals surface area contributed by atoms with Gasteiger partial charge in [-0.3, -0.25) is 0 Å². The van der Waals surface area contributed by atoms with Gasteiger partial charge in [0.25, 0.3) is 0 Å². The topological polar surface area (TPSA) is 88.8 Å². The fraction of sp³-hybridized carbons (Fsp3) is 1.00. The Labute approximate surface area is 154 Å². The Morgan fingerprint density at radius 1 is 0.722 bits per heavy atom. The van der Waals surface area contributed by atoms with Crippen LogP contribution < -0.4 is 55.2 Å². The molecule has 2 saturated heterocycles. The zero-order chi connectivity index (χ0) is 11.2. The van der Waals surface area contributed by atoms with Crippen molar-refractivity contribution in [2.75, 3.05) is 52.4 Å². The van der Waals surface area contributed by atoms with Crippen LogP contribution in [0.4, 0.5) is 0 Å². The summed E-state index contributed by atoms with van der Waals surface area (Å²) < 4.78 is 0. The number of piperazine rings is 2. The molecule has 0 atom stereocenters. The summed E-state index contributed by atoms with van der Waals surface area (Å²) >= 11 is 6.16. The first-order valence-electron chi connectivity index (χ1n) is 5.58. The molecule has 0 radical (unpaired) electrons. The summed E-state index contributed by atoms with van der Waals surface area (Å²) in [6.07, 6.45) is 0. The van der Waals surface area contributed by atoms with Gasteiger partial charge in [-0.2, -0.15) is 0 Å². The van der Waals surface area contributed by atoms with E-state index in [9.17, 15) is 0 Å². The van der Waals surface area contributed by atoms with Crippen molar-refractivity contribution in [2.24, 2.45) is 0 Å². The van der Waals surface area contributed by atoms with Gasteiger partial charge >= 0.3 is 43.4 Å². The van der Waals surface area contributed by atoms with Gasteiger partial charge in [-0.05, 0) is 0 Å². The summed E-state index contributed by atoms with van der Waals surface area (Å²) in [5.74, 6) is 0. The number of quaternary nitrogens is 2. The van der Waals surface area contributed by atoms with Crippen molar-refractivity contribution < 1.29 is 69.5 Å². The van der Waals surface area contributed by atoms with E-state index >= 15 is 0 Å². The number of hydrogen-bond acceptors (Lipinski definition) is 2. The van der Waals surface area contributed by atoms with Crippen LogP contribution in [-0.4, -0.2) is 57.8 Å². The van der Waals surface area contributed by atoms with Crippen LogP contribution in [0.15, 0.2) is 0 Å². The number of nitrogens with two attached hydrogens (primary N) is 2. The Morgan fingerprint density at radius 3 is 1.00 bits per heavy atom. The predicted octanol–water partition coefficient (Wildman–Crippen LogP) is -8.82. The van der Waals surface area contributed by atoms with Crippen LogP contribution in [0.2, 0.25) is 0 Å². The van der Waals surface area contributed by atoms with E-state index < -0.39 is 0 Å². The molecular weight excluding hydrogens is 600 g/mol. The van der Waals surface area contributed by atoms with Crippen molar-refractivity contribution >= 4 is 24.0 Å². The SMILES string of the molecule is C1C[NH2+]CCN1.C1C[NH2+]CCN1.O.[Br-].[Br-].[Br][Cd][Br]. The monoisotopic (exact) mass is 622 g/mol. The second kappa shape index (κ2) is 27.9. The van der Waals surface area contributed by atoms with Gasteiger partial charge < -0.3 is 60.7 Å². The number of rotatable bonds is 0. The predicted molar refractivity (Wildman–Crippen MR) is 70.5 cm³/mol. The van der Waals surface area contributed by atoms with E-state index in [2.05, 4.69) is 45.2 Å². The third-order valence-corrected chi connectivity index (χ3v) is 2.10. The molecule has 8 N–H and O–H groups in total. The van der Waals surface area contributed by atoms with Crippen LogP contribution in [0.1, 0.15) is 0 Å². The maximum atomic E-state index is 3.27. The quantitative estimate of drug-likeness (QED) is 0.202. The third kappa shape index (κ3) is 27.1. The van der Waals surface area contributed by atoms with Crippen molar-refractivity contribution in [1.29, 1.82) is 0 Å².